The third-order valence-electron chi connectivity index (χ3n) is 2.91. The first-order chi connectivity index (χ1) is 10.2. The number of hydrogen-bond donors (Lipinski definition) is 0. The van der Waals surface area contributed by atoms with Gasteiger partial charge in [-0.2, -0.15) is 5.10 Å². The molecule has 3 aromatic rings. The van der Waals surface area contributed by atoms with Crippen LogP contribution in [0.1, 0.15) is 16.1 Å². The fraction of sp³-hybridized carbons (Fsp3) is 0.133. The standard InChI is InChI=1S/C15H14N4S2/c1-11-5-7-20-14(11)9-17-19-12(2)10-21-15(19)18-13-4-3-6-16-8-13/h3-10H,1-2H3. The number of thiophene rings is 1. The molecule has 106 valence electrons. The molecule has 0 radical (unpaired) electrons. The molecule has 0 aliphatic heterocycles. The van der Waals surface area contributed by atoms with E-state index >= 15 is 0 Å². The second-order valence-electron chi connectivity index (χ2n) is 4.51. The highest BCUT2D eigenvalue weighted by Gasteiger charge is 2.01. The van der Waals surface area contributed by atoms with Crippen molar-refractivity contribution in [2.75, 3.05) is 0 Å². The smallest absolute Gasteiger partial charge is 0.211 e. The summed E-state index contributed by atoms with van der Waals surface area (Å²) in [6.07, 6.45) is 5.37. The van der Waals surface area contributed by atoms with Crippen LogP contribution >= 0.6 is 22.7 Å². The molecule has 0 saturated heterocycles. The summed E-state index contributed by atoms with van der Waals surface area (Å²) in [5.41, 5.74) is 3.13. The molecule has 0 aliphatic rings. The summed E-state index contributed by atoms with van der Waals surface area (Å²) >= 11 is 3.26. The Kier molecular flexibility index (Phi) is 4.08. The van der Waals surface area contributed by atoms with Gasteiger partial charge in [-0.15, -0.1) is 22.7 Å². The maximum atomic E-state index is 4.59. The van der Waals surface area contributed by atoms with E-state index in [1.54, 1.807) is 35.1 Å². The number of nitrogens with zero attached hydrogens (tertiary/aromatic N) is 4. The normalized spacial score (nSPS) is 12.4. The minimum absolute atomic E-state index is 0.829. The zero-order valence-corrected chi connectivity index (χ0v) is 13.4. The molecule has 0 unspecified atom stereocenters. The molecule has 0 fully saturated rings. The predicted molar refractivity (Wildman–Crippen MR) is 88.6 cm³/mol. The van der Waals surface area contributed by atoms with Crippen molar-refractivity contribution in [3.05, 3.63) is 62.3 Å². The van der Waals surface area contributed by atoms with Crippen molar-refractivity contribution in [2.45, 2.75) is 13.8 Å². The lowest BCUT2D eigenvalue weighted by Gasteiger charge is -1.97. The van der Waals surface area contributed by atoms with E-state index in [0.29, 0.717) is 0 Å². The highest BCUT2D eigenvalue weighted by molar-refractivity contribution is 7.11. The first kappa shape index (κ1) is 13.9. The predicted octanol–water partition coefficient (Wildman–Crippen LogP) is 3.74. The lowest BCUT2D eigenvalue weighted by Crippen LogP contribution is -2.11. The number of hydrogen-bond acceptors (Lipinski definition) is 5. The zero-order valence-electron chi connectivity index (χ0n) is 11.7. The van der Waals surface area contributed by atoms with E-state index in [0.717, 1.165) is 16.2 Å². The molecule has 3 heterocycles. The van der Waals surface area contributed by atoms with Gasteiger partial charge in [-0.3, -0.25) is 4.98 Å². The zero-order chi connectivity index (χ0) is 14.7. The topological polar surface area (TPSA) is 42.5 Å². The second kappa shape index (κ2) is 6.15. The third kappa shape index (κ3) is 3.17. The summed E-state index contributed by atoms with van der Waals surface area (Å²) in [5, 5.41) is 8.69. The maximum Gasteiger partial charge on any atom is 0.211 e. The molecular formula is C15H14N4S2. The average Bonchev–Trinajstić information content (AvgIpc) is 3.05. The van der Waals surface area contributed by atoms with Crippen LogP contribution in [-0.2, 0) is 0 Å². The van der Waals surface area contributed by atoms with Gasteiger partial charge in [0.05, 0.1) is 28.7 Å². The molecule has 0 bridgehead atoms. The molecule has 0 aliphatic carbocycles. The van der Waals surface area contributed by atoms with Gasteiger partial charge in [0.25, 0.3) is 0 Å². The summed E-state index contributed by atoms with van der Waals surface area (Å²) < 4.78 is 1.86. The van der Waals surface area contributed by atoms with Crippen LogP contribution in [0.3, 0.4) is 0 Å². The lowest BCUT2D eigenvalue weighted by molar-refractivity contribution is 0.809. The van der Waals surface area contributed by atoms with Crippen molar-refractivity contribution in [1.29, 1.82) is 0 Å². The van der Waals surface area contributed by atoms with Gasteiger partial charge in [0.15, 0.2) is 0 Å². The Hall–Kier alpha value is -2.05. The largest absolute Gasteiger partial charge is 0.262 e. The maximum absolute atomic E-state index is 4.59. The average molecular weight is 314 g/mol. The number of pyridine rings is 1. The number of aryl methyl sites for hydroxylation is 2. The molecular weight excluding hydrogens is 300 g/mol. The molecule has 21 heavy (non-hydrogen) atoms. The van der Waals surface area contributed by atoms with Gasteiger partial charge in [0.2, 0.25) is 4.80 Å². The Morgan fingerprint density at radius 2 is 2.14 bits per heavy atom. The fourth-order valence-corrected chi connectivity index (χ4v) is 3.37. The van der Waals surface area contributed by atoms with Crippen LogP contribution in [-0.4, -0.2) is 15.9 Å². The minimum Gasteiger partial charge on any atom is -0.262 e. The highest BCUT2D eigenvalue weighted by Crippen LogP contribution is 2.13. The Bertz CT molecular complexity index is 825. The van der Waals surface area contributed by atoms with Gasteiger partial charge in [-0.1, -0.05) is 0 Å². The van der Waals surface area contributed by atoms with Gasteiger partial charge in [0, 0.05) is 11.6 Å². The van der Waals surface area contributed by atoms with Crippen molar-refractivity contribution < 1.29 is 0 Å². The van der Waals surface area contributed by atoms with Gasteiger partial charge in [-0.25, -0.2) is 9.67 Å². The molecule has 0 atom stereocenters. The van der Waals surface area contributed by atoms with Crippen LogP contribution in [0.2, 0.25) is 0 Å². The number of thiazole rings is 1. The summed E-state index contributed by atoms with van der Waals surface area (Å²) in [6.45, 7) is 4.11. The van der Waals surface area contributed by atoms with E-state index in [4.69, 9.17) is 0 Å². The van der Waals surface area contributed by atoms with Crippen molar-refractivity contribution in [3.8, 4) is 0 Å². The van der Waals surface area contributed by atoms with Crippen LogP contribution in [0.5, 0.6) is 0 Å². The first-order valence-electron chi connectivity index (χ1n) is 6.44. The van der Waals surface area contributed by atoms with Crippen molar-refractivity contribution in [3.63, 3.8) is 0 Å². The molecule has 3 rings (SSSR count). The van der Waals surface area contributed by atoms with E-state index in [2.05, 4.69) is 33.4 Å². The van der Waals surface area contributed by atoms with Crippen LogP contribution in [0.25, 0.3) is 0 Å². The summed E-state index contributed by atoms with van der Waals surface area (Å²) in [4.78, 5) is 10.7. The monoisotopic (exact) mass is 314 g/mol. The first-order valence-corrected chi connectivity index (χ1v) is 8.20. The van der Waals surface area contributed by atoms with Crippen LogP contribution in [0, 0.1) is 13.8 Å². The lowest BCUT2D eigenvalue weighted by atomic mass is 10.3. The van der Waals surface area contributed by atoms with E-state index < -0.39 is 0 Å². The number of aromatic nitrogens is 2. The van der Waals surface area contributed by atoms with Crippen molar-refractivity contribution >= 4 is 34.6 Å². The summed E-state index contributed by atoms with van der Waals surface area (Å²) in [5.74, 6) is 0. The molecule has 0 amide bonds. The number of rotatable bonds is 3. The fourth-order valence-electron chi connectivity index (χ4n) is 1.76. The van der Waals surface area contributed by atoms with Gasteiger partial charge >= 0.3 is 0 Å². The van der Waals surface area contributed by atoms with E-state index in [1.807, 2.05) is 35.3 Å². The quantitative estimate of drug-likeness (QED) is 0.679. The minimum atomic E-state index is 0.829. The Balaban J connectivity index is 2.00. The molecule has 0 aromatic carbocycles. The summed E-state index contributed by atoms with van der Waals surface area (Å²) in [6, 6.07) is 5.90. The SMILES string of the molecule is Cc1ccsc1C=Nn1c(C)csc1=Nc1cccnc1. The third-order valence-corrected chi connectivity index (χ3v) is 4.80. The highest BCUT2D eigenvalue weighted by atomic mass is 32.1. The summed E-state index contributed by atoms with van der Waals surface area (Å²) in [7, 11) is 0. The van der Waals surface area contributed by atoms with E-state index in [9.17, 15) is 0 Å². The second-order valence-corrected chi connectivity index (χ2v) is 6.29. The Labute approximate surface area is 130 Å². The molecule has 0 N–H and O–H groups in total. The molecule has 0 saturated carbocycles. The van der Waals surface area contributed by atoms with Crippen LogP contribution in [0.4, 0.5) is 5.69 Å². The van der Waals surface area contributed by atoms with Gasteiger partial charge < -0.3 is 0 Å². The van der Waals surface area contributed by atoms with Crippen molar-refractivity contribution in [2.24, 2.45) is 10.1 Å². The molecule has 3 aromatic heterocycles. The van der Waals surface area contributed by atoms with Gasteiger partial charge in [0.1, 0.15) is 0 Å². The Morgan fingerprint density at radius 1 is 1.24 bits per heavy atom. The van der Waals surface area contributed by atoms with E-state index in [1.165, 1.54) is 10.4 Å². The molecule has 4 nitrogen and oxygen atoms in total. The van der Waals surface area contributed by atoms with Crippen molar-refractivity contribution in [1.82, 2.24) is 9.66 Å². The van der Waals surface area contributed by atoms with Gasteiger partial charge in [-0.05, 0) is 43.0 Å². The van der Waals surface area contributed by atoms with Crippen LogP contribution < -0.4 is 4.80 Å². The van der Waals surface area contributed by atoms with E-state index in [-0.39, 0.29) is 0 Å². The molecule has 0 spiro atoms. The Morgan fingerprint density at radius 3 is 2.86 bits per heavy atom. The van der Waals surface area contributed by atoms with Crippen LogP contribution in [0.15, 0.2) is 51.4 Å². The molecule has 6 heteroatoms.